The van der Waals surface area contributed by atoms with Gasteiger partial charge in [0.25, 0.3) is 0 Å². The topological polar surface area (TPSA) is 42.2 Å². The number of halogens is 1. The van der Waals surface area contributed by atoms with Gasteiger partial charge in [0, 0.05) is 7.05 Å². The Labute approximate surface area is 84.5 Å². The maximum absolute atomic E-state index is 11.0. The van der Waals surface area contributed by atoms with E-state index in [-0.39, 0.29) is 0 Å². The highest BCUT2D eigenvalue weighted by molar-refractivity contribution is 9.10. The molecule has 0 fully saturated rings. The Kier molecular flexibility index (Phi) is 1.95. The molecule has 3 nitrogen and oxygen atoms in total. The fourth-order valence-electron chi connectivity index (χ4n) is 2.01. The number of carboxylic acid groups (broad SMARTS) is 1. The van der Waals surface area contributed by atoms with Crippen molar-refractivity contribution in [1.82, 2.24) is 4.57 Å². The van der Waals surface area contributed by atoms with Crippen LogP contribution < -0.4 is 0 Å². The Balaban J connectivity index is 2.68. The van der Waals surface area contributed by atoms with E-state index in [4.69, 9.17) is 5.11 Å². The van der Waals surface area contributed by atoms with E-state index >= 15 is 0 Å². The maximum Gasteiger partial charge on any atom is 0.352 e. The van der Waals surface area contributed by atoms with Crippen LogP contribution in [0.3, 0.4) is 0 Å². The highest BCUT2D eigenvalue weighted by atomic mass is 79.9. The van der Waals surface area contributed by atoms with Crippen LogP contribution in [0, 0.1) is 0 Å². The van der Waals surface area contributed by atoms with Crippen LogP contribution in [0.4, 0.5) is 0 Å². The first-order valence-electron chi connectivity index (χ1n) is 4.22. The molecule has 1 aliphatic rings. The summed E-state index contributed by atoms with van der Waals surface area (Å²) in [5, 5.41) is 9.00. The fraction of sp³-hybridized carbons (Fsp3) is 0.444. The van der Waals surface area contributed by atoms with Crippen molar-refractivity contribution in [2.75, 3.05) is 0 Å². The van der Waals surface area contributed by atoms with Gasteiger partial charge >= 0.3 is 5.97 Å². The normalized spacial score (nSPS) is 14.6. The van der Waals surface area contributed by atoms with E-state index in [2.05, 4.69) is 15.9 Å². The minimum atomic E-state index is -0.827. The molecule has 1 N–H and O–H groups in total. The van der Waals surface area contributed by atoms with Crippen LogP contribution in [0.5, 0.6) is 0 Å². The van der Waals surface area contributed by atoms with Crippen LogP contribution in [-0.2, 0) is 19.9 Å². The van der Waals surface area contributed by atoms with Crippen LogP contribution in [0.2, 0.25) is 0 Å². The molecule has 1 aliphatic carbocycles. The summed E-state index contributed by atoms with van der Waals surface area (Å²) in [6.07, 6.45) is 2.97. The van der Waals surface area contributed by atoms with Gasteiger partial charge in [0.05, 0.1) is 4.60 Å². The number of hydrogen-bond acceptors (Lipinski definition) is 1. The third-order valence-electron chi connectivity index (χ3n) is 2.59. The zero-order valence-electron chi connectivity index (χ0n) is 7.30. The Morgan fingerprint density at radius 2 is 2.08 bits per heavy atom. The highest BCUT2D eigenvalue weighted by Crippen LogP contribution is 2.33. The molecule has 0 saturated carbocycles. The second kappa shape index (κ2) is 2.87. The molecule has 0 bridgehead atoms. The van der Waals surface area contributed by atoms with Crippen LogP contribution in [0.15, 0.2) is 4.60 Å². The lowest BCUT2D eigenvalue weighted by Crippen LogP contribution is -2.07. The minimum absolute atomic E-state index is 0.444. The van der Waals surface area contributed by atoms with Crippen molar-refractivity contribution in [2.24, 2.45) is 7.05 Å². The maximum atomic E-state index is 11.0. The van der Waals surface area contributed by atoms with Crippen LogP contribution in [0.1, 0.15) is 28.0 Å². The summed E-state index contributed by atoms with van der Waals surface area (Å²) in [6, 6.07) is 0. The van der Waals surface area contributed by atoms with Crippen LogP contribution >= 0.6 is 15.9 Å². The van der Waals surface area contributed by atoms with Crippen molar-refractivity contribution in [2.45, 2.75) is 19.3 Å². The SMILES string of the molecule is Cn1c(Br)c2c(c1C(=O)O)CCC2. The van der Waals surface area contributed by atoms with Gasteiger partial charge in [0.15, 0.2) is 0 Å². The Bertz CT molecular complexity index is 381. The number of carbonyl (C=O) groups is 1. The molecule has 0 atom stereocenters. The standard InChI is InChI=1S/C9H10BrNO2/c1-11-7(9(12)13)5-3-2-4-6(5)8(11)10/h2-4H2,1H3,(H,12,13). The van der Waals surface area contributed by atoms with Crippen molar-refractivity contribution in [3.05, 3.63) is 21.4 Å². The summed E-state index contributed by atoms with van der Waals surface area (Å²) in [5.41, 5.74) is 2.64. The fourth-order valence-corrected chi connectivity index (χ4v) is 2.62. The molecule has 2 rings (SSSR count). The van der Waals surface area contributed by atoms with E-state index in [1.54, 1.807) is 11.6 Å². The van der Waals surface area contributed by atoms with Gasteiger partial charge in [-0.05, 0) is 46.3 Å². The van der Waals surface area contributed by atoms with Gasteiger partial charge in [0.2, 0.25) is 0 Å². The van der Waals surface area contributed by atoms with Gasteiger partial charge in [-0.25, -0.2) is 4.79 Å². The van der Waals surface area contributed by atoms with Gasteiger partial charge in [0.1, 0.15) is 5.69 Å². The molecule has 0 saturated heterocycles. The predicted molar refractivity (Wildman–Crippen MR) is 52.1 cm³/mol. The number of nitrogens with zero attached hydrogens (tertiary/aromatic N) is 1. The summed E-state index contributed by atoms with van der Waals surface area (Å²) < 4.78 is 2.64. The molecule has 0 aromatic carbocycles. The number of fused-ring (bicyclic) bond motifs is 1. The van der Waals surface area contributed by atoms with Crippen molar-refractivity contribution < 1.29 is 9.90 Å². The van der Waals surface area contributed by atoms with Gasteiger partial charge in [-0.1, -0.05) is 0 Å². The van der Waals surface area contributed by atoms with E-state index in [1.807, 2.05) is 0 Å². The van der Waals surface area contributed by atoms with E-state index in [0.717, 1.165) is 29.4 Å². The molecule has 1 heterocycles. The molecule has 4 heteroatoms. The number of carboxylic acids is 1. The largest absolute Gasteiger partial charge is 0.477 e. The van der Waals surface area contributed by atoms with E-state index in [1.165, 1.54) is 5.56 Å². The second-order valence-electron chi connectivity index (χ2n) is 3.31. The predicted octanol–water partition coefficient (Wildman–Crippen LogP) is 1.97. The molecular weight excluding hydrogens is 234 g/mol. The van der Waals surface area contributed by atoms with E-state index < -0.39 is 5.97 Å². The van der Waals surface area contributed by atoms with Gasteiger partial charge in [-0.15, -0.1) is 0 Å². The third-order valence-corrected chi connectivity index (χ3v) is 3.60. The van der Waals surface area contributed by atoms with E-state index in [0.29, 0.717) is 5.69 Å². The molecule has 1 aromatic heterocycles. The minimum Gasteiger partial charge on any atom is -0.477 e. The Morgan fingerprint density at radius 3 is 2.69 bits per heavy atom. The monoisotopic (exact) mass is 243 g/mol. The lowest BCUT2D eigenvalue weighted by molar-refractivity contribution is 0.0685. The van der Waals surface area contributed by atoms with E-state index in [9.17, 15) is 4.79 Å². The molecule has 0 amide bonds. The number of rotatable bonds is 1. The molecular formula is C9H10BrNO2. The first-order chi connectivity index (χ1) is 6.13. The number of aromatic nitrogens is 1. The molecule has 13 heavy (non-hydrogen) atoms. The van der Waals surface area contributed by atoms with Crippen molar-refractivity contribution >= 4 is 21.9 Å². The summed E-state index contributed by atoms with van der Waals surface area (Å²) in [4.78, 5) is 11.0. The number of aromatic carboxylic acids is 1. The first-order valence-corrected chi connectivity index (χ1v) is 5.01. The lowest BCUT2D eigenvalue weighted by Gasteiger charge is -2.01. The second-order valence-corrected chi connectivity index (χ2v) is 4.07. The van der Waals surface area contributed by atoms with Gasteiger partial charge < -0.3 is 9.67 Å². The zero-order valence-corrected chi connectivity index (χ0v) is 8.89. The summed E-state index contributed by atoms with van der Waals surface area (Å²) in [5.74, 6) is -0.827. The smallest absolute Gasteiger partial charge is 0.352 e. The quantitative estimate of drug-likeness (QED) is 0.820. The average molecular weight is 244 g/mol. The summed E-state index contributed by atoms with van der Waals surface area (Å²) in [7, 11) is 1.78. The lowest BCUT2D eigenvalue weighted by atomic mass is 10.2. The van der Waals surface area contributed by atoms with Crippen molar-refractivity contribution in [3.8, 4) is 0 Å². The van der Waals surface area contributed by atoms with Crippen LogP contribution in [-0.4, -0.2) is 15.6 Å². The van der Waals surface area contributed by atoms with Crippen LogP contribution in [0.25, 0.3) is 0 Å². The average Bonchev–Trinajstić information content (AvgIpc) is 2.57. The third kappa shape index (κ3) is 1.12. The molecule has 70 valence electrons. The molecule has 0 unspecified atom stereocenters. The Morgan fingerprint density at radius 1 is 1.46 bits per heavy atom. The van der Waals surface area contributed by atoms with Crippen molar-refractivity contribution in [1.29, 1.82) is 0 Å². The number of hydrogen-bond donors (Lipinski definition) is 1. The van der Waals surface area contributed by atoms with Gasteiger partial charge in [-0.2, -0.15) is 0 Å². The molecule has 0 aliphatic heterocycles. The molecule has 1 aromatic rings. The first kappa shape index (κ1) is 8.81. The highest BCUT2D eigenvalue weighted by Gasteiger charge is 2.26. The summed E-state index contributed by atoms with van der Waals surface area (Å²) >= 11 is 3.42. The van der Waals surface area contributed by atoms with Gasteiger partial charge in [-0.3, -0.25) is 0 Å². The van der Waals surface area contributed by atoms with Crippen molar-refractivity contribution in [3.63, 3.8) is 0 Å². The summed E-state index contributed by atoms with van der Waals surface area (Å²) in [6.45, 7) is 0. The Hall–Kier alpha value is -0.770. The molecule has 0 radical (unpaired) electrons. The zero-order chi connectivity index (χ0) is 9.59. The molecule has 0 spiro atoms.